The van der Waals surface area contributed by atoms with Crippen LogP contribution < -0.4 is 11.1 Å². The van der Waals surface area contributed by atoms with E-state index in [1.807, 2.05) is 19.1 Å². The Balaban J connectivity index is 2.43. The van der Waals surface area contributed by atoms with Crippen LogP contribution in [0.4, 0.5) is 0 Å². The maximum absolute atomic E-state index is 12.3. The first kappa shape index (κ1) is 14.6. The van der Waals surface area contributed by atoms with Crippen LogP contribution in [0.1, 0.15) is 23.0 Å². The van der Waals surface area contributed by atoms with Crippen molar-refractivity contribution < 1.29 is 9.32 Å². The van der Waals surface area contributed by atoms with Gasteiger partial charge in [-0.2, -0.15) is 0 Å². The highest BCUT2D eigenvalue weighted by molar-refractivity contribution is 6.33. The van der Waals surface area contributed by atoms with Crippen molar-refractivity contribution in [1.82, 2.24) is 10.5 Å². The summed E-state index contributed by atoms with van der Waals surface area (Å²) in [5.74, 6) is 0.179. The van der Waals surface area contributed by atoms with Gasteiger partial charge >= 0.3 is 0 Å². The molecular formula is C14H16ClN3O2. The number of aryl methyl sites for hydroxylation is 1. The summed E-state index contributed by atoms with van der Waals surface area (Å²) >= 11 is 6.14. The van der Waals surface area contributed by atoms with E-state index in [-0.39, 0.29) is 11.9 Å². The van der Waals surface area contributed by atoms with Gasteiger partial charge in [-0.15, -0.1) is 0 Å². The summed E-state index contributed by atoms with van der Waals surface area (Å²) < 4.78 is 5.14. The fourth-order valence-corrected chi connectivity index (χ4v) is 2.06. The Morgan fingerprint density at radius 3 is 2.85 bits per heavy atom. The number of nitrogens with two attached hydrogens (primary N) is 1. The van der Waals surface area contributed by atoms with Crippen LogP contribution >= 0.6 is 11.6 Å². The molecule has 1 aromatic carbocycles. The lowest BCUT2D eigenvalue weighted by Crippen LogP contribution is -2.38. The molecule has 0 bridgehead atoms. The normalized spacial score (nSPS) is 12.2. The molecule has 3 N–H and O–H groups in total. The van der Waals surface area contributed by atoms with E-state index in [0.717, 1.165) is 0 Å². The predicted molar refractivity (Wildman–Crippen MR) is 77.7 cm³/mol. The maximum atomic E-state index is 12.3. The van der Waals surface area contributed by atoms with Crippen molar-refractivity contribution >= 4 is 17.5 Å². The van der Waals surface area contributed by atoms with Crippen molar-refractivity contribution in [2.75, 3.05) is 6.54 Å². The molecule has 0 saturated heterocycles. The van der Waals surface area contributed by atoms with Crippen molar-refractivity contribution in [1.29, 1.82) is 0 Å². The molecule has 0 aliphatic carbocycles. The summed E-state index contributed by atoms with van der Waals surface area (Å²) in [5.41, 5.74) is 7.00. The maximum Gasteiger partial charge on any atom is 0.257 e. The van der Waals surface area contributed by atoms with E-state index in [9.17, 15) is 4.79 Å². The summed E-state index contributed by atoms with van der Waals surface area (Å²) in [4.78, 5) is 12.3. The predicted octanol–water partition coefficient (Wildman–Crippen LogP) is 2.38. The average molecular weight is 294 g/mol. The van der Waals surface area contributed by atoms with E-state index in [1.54, 1.807) is 19.1 Å². The van der Waals surface area contributed by atoms with Gasteiger partial charge in [0.15, 0.2) is 0 Å². The molecule has 0 unspecified atom stereocenters. The van der Waals surface area contributed by atoms with Gasteiger partial charge < -0.3 is 15.6 Å². The second kappa shape index (κ2) is 6.07. The molecule has 1 atom stereocenters. The molecule has 0 saturated carbocycles. The number of hydrogen-bond acceptors (Lipinski definition) is 4. The standard InChI is InChI=1S/C14H16ClN3O2/c1-8(7-16)17-14(19)12-9(2)20-18-13(12)10-5-3-4-6-11(10)15/h3-6,8H,7,16H2,1-2H3,(H,17,19)/t8-/m0/s1. The molecule has 0 aliphatic rings. The van der Waals surface area contributed by atoms with Crippen LogP contribution in [0.2, 0.25) is 5.02 Å². The third-order valence-electron chi connectivity index (χ3n) is 2.95. The highest BCUT2D eigenvalue weighted by Crippen LogP contribution is 2.30. The minimum atomic E-state index is -0.267. The molecule has 6 heteroatoms. The molecule has 0 fully saturated rings. The van der Waals surface area contributed by atoms with Gasteiger partial charge in [0.2, 0.25) is 0 Å². The summed E-state index contributed by atoms with van der Waals surface area (Å²) in [5, 5.41) is 7.26. The summed E-state index contributed by atoms with van der Waals surface area (Å²) in [6.07, 6.45) is 0. The lowest BCUT2D eigenvalue weighted by Gasteiger charge is -2.11. The molecule has 0 radical (unpaired) electrons. The van der Waals surface area contributed by atoms with Gasteiger partial charge in [0.1, 0.15) is 17.0 Å². The number of aromatic nitrogens is 1. The molecule has 1 heterocycles. The molecule has 1 aromatic heterocycles. The number of hydrogen-bond donors (Lipinski definition) is 2. The summed E-state index contributed by atoms with van der Waals surface area (Å²) in [7, 11) is 0. The topological polar surface area (TPSA) is 81.2 Å². The Kier molecular flexibility index (Phi) is 4.42. The zero-order valence-electron chi connectivity index (χ0n) is 11.3. The van der Waals surface area contributed by atoms with Gasteiger partial charge in [-0.05, 0) is 19.9 Å². The van der Waals surface area contributed by atoms with Crippen LogP contribution in [0, 0.1) is 6.92 Å². The van der Waals surface area contributed by atoms with E-state index in [1.165, 1.54) is 0 Å². The van der Waals surface area contributed by atoms with Crippen LogP contribution in [-0.2, 0) is 0 Å². The number of rotatable bonds is 4. The largest absolute Gasteiger partial charge is 0.360 e. The highest BCUT2D eigenvalue weighted by Gasteiger charge is 2.23. The molecule has 106 valence electrons. The smallest absolute Gasteiger partial charge is 0.257 e. The number of nitrogens with zero attached hydrogens (tertiary/aromatic N) is 1. The lowest BCUT2D eigenvalue weighted by molar-refractivity contribution is 0.0940. The van der Waals surface area contributed by atoms with E-state index in [4.69, 9.17) is 21.9 Å². The number of carbonyl (C=O) groups is 1. The van der Waals surface area contributed by atoms with Gasteiger partial charge in [0, 0.05) is 18.2 Å². The molecular weight excluding hydrogens is 278 g/mol. The highest BCUT2D eigenvalue weighted by atomic mass is 35.5. The number of amides is 1. The third kappa shape index (κ3) is 2.84. The fourth-order valence-electron chi connectivity index (χ4n) is 1.83. The van der Waals surface area contributed by atoms with Crippen LogP contribution in [0.5, 0.6) is 0 Å². The van der Waals surface area contributed by atoms with Gasteiger partial charge in [-0.25, -0.2) is 0 Å². The second-order valence-electron chi connectivity index (χ2n) is 4.55. The zero-order valence-corrected chi connectivity index (χ0v) is 12.1. The van der Waals surface area contributed by atoms with E-state index in [2.05, 4.69) is 10.5 Å². The number of benzene rings is 1. The van der Waals surface area contributed by atoms with Crippen molar-refractivity contribution in [3.63, 3.8) is 0 Å². The number of nitrogens with one attached hydrogen (secondary N) is 1. The van der Waals surface area contributed by atoms with Gasteiger partial charge in [-0.1, -0.05) is 35.0 Å². The second-order valence-corrected chi connectivity index (χ2v) is 4.96. The Labute approximate surface area is 122 Å². The number of halogens is 1. The first-order chi connectivity index (χ1) is 9.54. The van der Waals surface area contributed by atoms with E-state index in [0.29, 0.717) is 34.1 Å². The average Bonchev–Trinajstić information content (AvgIpc) is 2.81. The Morgan fingerprint density at radius 1 is 1.50 bits per heavy atom. The number of carbonyl (C=O) groups excluding carboxylic acids is 1. The minimum absolute atomic E-state index is 0.129. The van der Waals surface area contributed by atoms with E-state index < -0.39 is 0 Å². The van der Waals surface area contributed by atoms with Crippen LogP contribution in [-0.4, -0.2) is 23.7 Å². The Hall–Kier alpha value is -1.85. The summed E-state index contributed by atoms with van der Waals surface area (Å²) in [6, 6.07) is 7.05. The Morgan fingerprint density at radius 2 is 2.20 bits per heavy atom. The first-order valence-corrected chi connectivity index (χ1v) is 6.64. The monoisotopic (exact) mass is 293 g/mol. The summed E-state index contributed by atoms with van der Waals surface area (Å²) in [6.45, 7) is 3.88. The van der Waals surface area contributed by atoms with Gasteiger partial charge in [0.25, 0.3) is 5.91 Å². The Bertz CT molecular complexity index is 625. The first-order valence-electron chi connectivity index (χ1n) is 6.26. The molecule has 20 heavy (non-hydrogen) atoms. The van der Waals surface area contributed by atoms with Crippen molar-refractivity contribution in [3.05, 3.63) is 40.6 Å². The molecule has 5 nitrogen and oxygen atoms in total. The third-order valence-corrected chi connectivity index (χ3v) is 3.28. The van der Waals surface area contributed by atoms with Crippen LogP contribution in [0.25, 0.3) is 11.3 Å². The van der Waals surface area contributed by atoms with Crippen LogP contribution in [0.3, 0.4) is 0 Å². The van der Waals surface area contributed by atoms with Crippen molar-refractivity contribution in [3.8, 4) is 11.3 Å². The van der Waals surface area contributed by atoms with Crippen molar-refractivity contribution in [2.24, 2.45) is 5.73 Å². The molecule has 0 spiro atoms. The van der Waals surface area contributed by atoms with Crippen LogP contribution in [0.15, 0.2) is 28.8 Å². The molecule has 2 aromatic rings. The quantitative estimate of drug-likeness (QED) is 0.907. The minimum Gasteiger partial charge on any atom is -0.360 e. The zero-order chi connectivity index (χ0) is 14.7. The fraction of sp³-hybridized carbons (Fsp3) is 0.286. The van der Waals surface area contributed by atoms with Gasteiger partial charge in [-0.3, -0.25) is 4.79 Å². The van der Waals surface area contributed by atoms with Gasteiger partial charge in [0.05, 0.1) is 5.02 Å². The molecule has 0 aliphatic heterocycles. The lowest BCUT2D eigenvalue weighted by atomic mass is 10.1. The SMILES string of the molecule is Cc1onc(-c2ccccc2Cl)c1C(=O)N[C@@H](C)CN. The molecule has 1 amide bonds. The van der Waals surface area contributed by atoms with Crippen molar-refractivity contribution in [2.45, 2.75) is 19.9 Å². The molecule has 2 rings (SSSR count). The van der Waals surface area contributed by atoms with E-state index >= 15 is 0 Å².